The van der Waals surface area contributed by atoms with Crippen LogP contribution in [0.15, 0.2) is 30.3 Å². The van der Waals surface area contributed by atoms with Crippen LogP contribution >= 0.6 is 0 Å². The third-order valence-corrected chi connectivity index (χ3v) is 3.60. The first-order valence-electron chi connectivity index (χ1n) is 6.11. The fourth-order valence-corrected chi connectivity index (χ4v) is 2.33. The Labute approximate surface area is 102 Å². The number of hydrogen-bond acceptors (Lipinski definition) is 2. The van der Waals surface area contributed by atoms with Gasteiger partial charge in [0, 0.05) is 13.1 Å². The van der Waals surface area contributed by atoms with Crippen molar-refractivity contribution in [3.63, 3.8) is 0 Å². The van der Waals surface area contributed by atoms with E-state index in [1.54, 1.807) is 0 Å². The third kappa shape index (κ3) is 2.50. The van der Waals surface area contributed by atoms with Crippen LogP contribution in [0.2, 0.25) is 0 Å². The van der Waals surface area contributed by atoms with E-state index in [0.29, 0.717) is 11.8 Å². The maximum Gasteiger partial charge on any atom is 0.325 e. The van der Waals surface area contributed by atoms with Crippen molar-refractivity contribution in [3.8, 4) is 0 Å². The molecule has 0 aromatic heterocycles. The fourth-order valence-electron chi connectivity index (χ4n) is 2.33. The van der Waals surface area contributed by atoms with Gasteiger partial charge in [-0.1, -0.05) is 44.2 Å². The average Bonchev–Trinajstić information content (AvgIpc) is 2.22. The third-order valence-electron chi connectivity index (χ3n) is 3.60. The molecular formula is C14H19NO2. The predicted octanol–water partition coefficient (Wildman–Crippen LogP) is 2.40. The van der Waals surface area contributed by atoms with Gasteiger partial charge in [0.1, 0.15) is 6.04 Å². The van der Waals surface area contributed by atoms with E-state index in [-0.39, 0.29) is 0 Å². The molecule has 92 valence electrons. The van der Waals surface area contributed by atoms with Crippen molar-refractivity contribution < 1.29 is 9.90 Å². The Morgan fingerprint density at radius 1 is 1.29 bits per heavy atom. The van der Waals surface area contributed by atoms with E-state index in [1.807, 2.05) is 35.2 Å². The summed E-state index contributed by atoms with van der Waals surface area (Å²) in [6, 6.07) is 9.00. The van der Waals surface area contributed by atoms with Crippen LogP contribution in [0.25, 0.3) is 0 Å². The molecule has 0 aliphatic carbocycles. The molecule has 1 heterocycles. The number of likely N-dealkylation sites (tertiary alicyclic amines) is 1. The molecule has 0 radical (unpaired) electrons. The van der Waals surface area contributed by atoms with Crippen LogP contribution in [0, 0.1) is 11.8 Å². The molecule has 0 spiro atoms. The van der Waals surface area contributed by atoms with Crippen LogP contribution < -0.4 is 0 Å². The summed E-state index contributed by atoms with van der Waals surface area (Å²) in [5, 5.41) is 9.35. The van der Waals surface area contributed by atoms with Gasteiger partial charge in [0.15, 0.2) is 0 Å². The second kappa shape index (κ2) is 4.88. The second-order valence-electron chi connectivity index (χ2n) is 5.11. The van der Waals surface area contributed by atoms with Crippen LogP contribution in [-0.2, 0) is 4.79 Å². The first-order valence-corrected chi connectivity index (χ1v) is 6.11. The average molecular weight is 233 g/mol. The molecule has 17 heavy (non-hydrogen) atoms. The van der Waals surface area contributed by atoms with E-state index in [0.717, 1.165) is 18.7 Å². The molecule has 1 atom stereocenters. The van der Waals surface area contributed by atoms with Gasteiger partial charge in [-0.15, -0.1) is 0 Å². The van der Waals surface area contributed by atoms with E-state index < -0.39 is 12.0 Å². The summed E-state index contributed by atoms with van der Waals surface area (Å²) in [6.45, 7) is 6.17. The molecule has 1 unspecified atom stereocenters. The maximum atomic E-state index is 11.4. The van der Waals surface area contributed by atoms with Gasteiger partial charge in [0.2, 0.25) is 0 Å². The molecule has 1 saturated heterocycles. The van der Waals surface area contributed by atoms with Gasteiger partial charge in [-0.25, -0.2) is 0 Å². The number of nitrogens with zero attached hydrogens (tertiary/aromatic N) is 1. The Morgan fingerprint density at radius 3 is 2.35 bits per heavy atom. The number of rotatable bonds is 4. The lowest BCUT2D eigenvalue weighted by Gasteiger charge is -2.44. The molecule has 3 heteroatoms. The van der Waals surface area contributed by atoms with Gasteiger partial charge < -0.3 is 5.11 Å². The number of carboxylic acid groups (broad SMARTS) is 1. The van der Waals surface area contributed by atoms with E-state index >= 15 is 0 Å². The topological polar surface area (TPSA) is 40.5 Å². The largest absolute Gasteiger partial charge is 0.480 e. The van der Waals surface area contributed by atoms with Crippen molar-refractivity contribution in [1.29, 1.82) is 0 Å². The van der Waals surface area contributed by atoms with Gasteiger partial charge in [-0.3, -0.25) is 9.69 Å². The van der Waals surface area contributed by atoms with Gasteiger partial charge in [0.05, 0.1) is 0 Å². The zero-order chi connectivity index (χ0) is 12.4. The number of hydrogen-bond donors (Lipinski definition) is 1. The minimum Gasteiger partial charge on any atom is -0.480 e. The van der Waals surface area contributed by atoms with E-state index in [9.17, 15) is 9.90 Å². The highest BCUT2D eigenvalue weighted by Crippen LogP contribution is 2.32. The molecule has 1 fully saturated rings. The molecule has 1 aromatic rings. The Bertz CT molecular complexity index is 382. The Hall–Kier alpha value is -1.35. The summed E-state index contributed by atoms with van der Waals surface area (Å²) in [5.74, 6) is 0.524. The summed E-state index contributed by atoms with van der Waals surface area (Å²) < 4.78 is 0. The summed E-state index contributed by atoms with van der Waals surface area (Å²) in [7, 11) is 0. The highest BCUT2D eigenvalue weighted by molar-refractivity contribution is 5.75. The predicted molar refractivity (Wildman–Crippen MR) is 66.7 cm³/mol. The van der Waals surface area contributed by atoms with E-state index in [1.165, 1.54) is 0 Å². The van der Waals surface area contributed by atoms with E-state index in [2.05, 4.69) is 13.8 Å². The molecule has 0 saturated carbocycles. The van der Waals surface area contributed by atoms with Crippen LogP contribution in [0.5, 0.6) is 0 Å². The Kier molecular flexibility index (Phi) is 3.48. The lowest BCUT2D eigenvalue weighted by molar-refractivity contribution is -0.147. The molecule has 1 aromatic carbocycles. The van der Waals surface area contributed by atoms with Crippen LogP contribution in [-0.4, -0.2) is 29.1 Å². The highest BCUT2D eigenvalue weighted by atomic mass is 16.4. The molecule has 1 N–H and O–H groups in total. The SMILES string of the molecule is CC(C)C1CN(C(C(=O)O)c2ccccc2)C1. The Balaban J connectivity index is 2.08. The minimum atomic E-state index is -0.751. The zero-order valence-corrected chi connectivity index (χ0v) is 10.3. The second-order valence-corrected chi connectivity index (χ2v) is 5.11. The van der Waals surface area contributed by atoms with Crippen molar-refractivity contribution in [1.82, 2.24) is 4.90 Å². The standard InChI is InChI=1S/C14H19NO2/c1-10(2)12-8-15(9-12)13(14(16)17)11-6-4-3-5-7-11/h3-7,10,12-13H,8-9H2,1-2H3,(H,16,17). The van der Waals surface area contributed by atoms with Crippen molar-refractivity contribution in [2.45, 2.75) is 19.9 Å². The van der Waals surface area contributed by atoms with Crippen molar-refractivity contribution >= 4 is 5.97 Å². The first kappa shape index (κ1) is 12.1. The number of carboxylic acids is 1. The van der Waals surface area contributed by atoms with E-state index in [4.69, 9.17) is 0 Å². The Morgan fingerprint density at radius 2 is 1.88 bits per heavy atom. The molecular weight excluding hydrogens is 214 g/mol. The van der Waals surface area contributed by atoms with Crippen molar-refractivity contribution in [2.75, 3.05) is 13.1 Å². The molecule has 1 aliphatic rings. The normalized spacial score (nSPS) is 19.0. The molecule has 2 rings (SSSR count). The lowest BCUT2D eigenvalue weighted by Crippen LogP contribution is -2.52. The summed E-state index contributed by atoms with van der Waals surface area (Å²) in [5.41, 5.74) is 0.877. The minimum absolute atomic E-state index is 0.480. The van der Waals surface area contributed by atoms with Gasteiger partial charge in [0.25, 0.3) is 0 Å². The number of benzene rings is 1. The number of aliphatic carboxylic acids is 1. The quantitative estimate of drug-likeness (QED) is 0.868. The summed E-state index contributed by atoms with van der Waals surface area (Å²) in [4.78, 5) is 13.4. The number of carbonyl (C=O) groups is 1. The van der Waals surface area contributed by atoms with Crippen LogP contribution in [0.4, 0.5) is 0 Å². The molecule has 0 bridgehead atoms. The highest BCUT2D eigenvalue weighted by Gasteiger charge is 2.37. The van der Waals surface area contributed by atoms with Gasteiger partial charge in [-0.2, -0.15) is 0 Å². The smallest absolute Gasteiger partial charge is 0.325 e. The first-order chi connectivity index (χ1) is 8.09. The van der Waals surface area contributed by atoms with Crippen LogP contribution in [0.1, 0.15) is 25.5 Å². The fraction of sp³-hybridized carbons (Fsp3) is 0.500. The van der Waals surface area contributed by atoms with Crippen LogP contribution in [0.3, 0.4) is 0 Å². The summed E-state index contributed by atoms with van der Waals surface area (Å²) >= 11 is 0. The molecule has 3 nitrogen and oxygen atoms in total. The zero-order valence-electron chi connectivity index (χ0n) is 10.3. The van der Waals surface area contributed by atoms with Crippen molar-refractivity contribution in [2.24, 2.45) is 11.8 Å². The van der Waals surface area contributed by atoms with Crippen molar-refractivity contribution in [3.05, 3.63) is 35.9 Å². The summed E-state index contributed by atoms with van der Waals surface area (Å²) in [6.07, 6.45) is 0. The lowest BCUT2D eigenvalue weighted by atomic mass is 9.86. The molecule has 0 amide bonds. The van der Waals surface area contributed by atoms with Gasteiger partial charge >= 0.3 is 5.97 Å². The monoisotopic (exact) mass is 233 g/mol. The van der Waals surface area contributed by atoms with Gasteiger partial charge in [-0.05, 0) is 17.4 Å². The molecule has 1 aliphatic heterocycles. The maximum absolute atomic E-state index is 11.4.